The van der Waals surface area contributed by atoms with Crippen LogP contribution in [0.1, 0.15) is 149 Å². The van der Waals surface area contributed by atoms with E-state index in [2.05, 4.69) is 92.8 Å². The minimum absolute atomic E-state index is 0.0303. The number of aliphatic hydroxyl groups excluding tert-OH is 3. The monoisotopic (exact) mass is 905 g/mol. The summed E-state index contributed by atoms with van der Waals surface area (Å²) in [5.74, 6) is -2.12. The number of rotatable bonds is 37. The van der Waals surface area contributed by atoms with Crippen LogP contribution in [0, 0.1) is 0 Å². The molecule has 0 aromatic rings. The Morgan fingerprint density at radius 1 is 0.556 bits per heavy atom. The minimum Gasteiger partial charge on any atom is -0.462 e. The number of carbonyl (C=O) groups is 2. The van der Waals surface area contributed by atoms with E-state index in [4.69, 9.17) is 18.9 Å². The van der Waals surface area contributed by atoms with Crippen LogP contribution < -0.4 is 0 Å². The molecule has 0 aromatic carbocycles. The number of ether oxygens (including phenoxy) is 4. The molecule has 6 atom stereocenters. The molecule has 1 rings (SSSR count). The highest BCUT2D eigenvalue weighted by atomic mass is 32.2. The van der Waals surface area contributed by atoms with E-state index in [1.165, 1.54) is 25.7 Å². The molecular weight excluding hydrogens is 825 g/mol. The molecule has 0 aliphatic carbocycles. The molecule has 1 heterocycles. The molecule has 0 saturated carbocycles. The third-order valence-corrected chi connectivity index (χ3v) is 10.7. The van der Waals surface area contributed by atoms with E-state index in [-0.39, 0.29) is 19.4 Å². The van der Waals surface area contributed by atoms with Crippen molar-refractivity contribution in [3.8, 4) is 0 Å². The molecule has 0 amide bonds. The van der Waals surface area contributed by atoms with Crippen molar-refractivity contribution in [2.45, 2.75) is 185 Å². The van der Waals surface area contributed by atoms with Crippen LogP contribution in [-0.2, 0) is 38.7 Å². The van der Waals surface area contributed by atoms with Crippen molar-refractivity contribution in [2.75, 3.05) is 19.0 Å². The number of hydrogen-bond acceptors (Lipinski definition) is 11. The van der Waals surface area contributed by atoms with E-state index in [0.29, 0.717) is 19.3 Å². The third kappa shape index (κ3) is 33.7. The van der Waals surface area contributed by atoms with Crippen molar-refractivity contribution < 1.29 is 56.8 Å². The molecule has 0 radical (unpaired) electrons. The van der Waals surface area contributed by atoms with Crippen LogP contribution in [0.15, 0.2) is 97.2 Å². The number of aliphatic hydroxyl groups is 3. The van der Waals surface area contributed by atoms with Gasteiger partial charge in [0.1, 0.15) is 36.8 Å². The van der Waals surface area contributed by atoms with Gasteiger partial charge in [-0.1, -0.05) is 150 Å². The maximum absolute atomic E-state index is 12.8. The van der Waals surface area contributed by atoms with Crippen LogP contribution >= 0.6 is 0 Å². The van der Waals surface area contributed by atoms with Crippen molar-refractivity contribution >= 4 is 22.1 Å². The Morgan fingerprint density at radius 2 is 1.03 bits per heavy atom. The summed E-state index contributed by atoms with van der Waals surface area (Å²) < 4.78 is 54.0. The highest BCUT2D eigenvalue weighted by Gasteiger charge is 2.46. The van der Waals surface area contributed by atoms with Crippen molar-refractivity contribution in [2.24, 2.45) is 0 Å². The number of hydrogen-bond donors (Lipinski definition) is 4. The van der Waals surface area contributed by atoms with Gasteiger partial charge in [-0.2, -0.15) is 8.42 Å². The molecule has 1 saturated heterocycles. The number of unbranched alkanes of at least 4 members (excludes halogenated alkanes) is 9. The molecule has 13 heteroatoms. The third-order valence-electron chi connectivity index (χ3n) is 9.91. The zero-order valence-electron chi connectivity index (χ0n) is 38.1. The van der Waals surface area contributed by atoms with Gasteiger partial charge in [0.15, 0.2) is 12.4 Å². The largest absolute Gasteiger partial charge is 0.462 e. The van der Waals surface area contributed by atoms with Crippen molar-refractivity contribution in [1.82, 2.24) is 0 Å². The van der Waals surface area contributed by atoms with Gasteiger partial charge in [0.05, 0.1) is 6.61 Å². The molecule has 0 bridgehead atoms. The van der Waals surface area contributed by atoms with E-state index in [1.807, 2.05) is 18.2 Å². The molecule has 63 heavy (non-hydrogen) atoms. The van der Waals surface area contributed by atoms with Crippen LogP contribution in [0.25, 0.3) is 0 Å². The molecular formula is C50H80O12S. The molecule has 1 aliphatic heterocycles. The Morgan fingerprint density at radius 3 is 1.56 bits per heavy atom. The second-order valence-electron chi connectivity index (χ2n) is 15.7. The van der Waals surface area contributed by atoms with Gasteiger partial charge in [-0.05, 0) is 83.5 Å². The predicted molar refractivity (Wildman–Crippen MR) is 251 cm³/mol. The quantitative estimate of drug-likeness (QED) is 0.0200. The van der Waals surface area contributed by atoms with Crippen molar-refractivity contribution in [3.63, 3.8) is 0 Å². The number of allylic oxidation sites excluding steroid dienone is 16. The summed E-state index contributed by atoms with van der Waals surface area (Å²) in [5.41, 5.74) is 0. The van der Waals surface area contributed by atoms with E-state index < -0.39 is 71.2 Å². The van der Waals surface area contributed by atoms with Crippen LogP contribution in [0.2, 0.25) is 0 Å². The molecule has 1 aliphatic rings. The first-order chi connectivity index (χ1) is 30.5. The number of carbonyl (C=O) groups excluding carboxylic acids is 2. The van der Waals surface area contributed by atoms with Gasteiger partial charge in [0.25, 0.3) is 10.1 Å². The van der Waals surface area contributed by atoms with Crippen LogP contribution in [-0.4, -0.2) is 96.0 Å². The zero-order valence-corrected chi connectivity index (χ0v) is 39.0. The molecule has 0 aromatic heterocycles. The van der Waals surface area contributed by atoms with E-state index in [0.717, 1.165) is 77.0 Å². The zero-order chi connectivity index (χ0) is 46.2. The molecule has 4 N–H and O–H groups in total. The summed E-state index contributed by atoms with van der Waals surface area (Å²) in [5, 5.41) is 30.9. The lowest BCUT2D eigenvalue weighted by atomic mass is 10.00. The van der Waals surface area contributed by atoms with Gasteiger partial charge in [0.2, 0.25) is 0 Å². The summed E-state index contributed by atoms with van der Waals surface area (Å²) in [4.78, 5) is 25.4. The normalized spacial score (nSPS) is 20.6. The lowest BCUT2D eigenvalue weighted by Gasteiger charge is -2.40. The lowest BCUT2D eigenvalue weighted by Crippen LogP contribution is -2.60. The molecule has 6 unspecified atom stereocenters. The Bertz CT molecular complexity index is 1530. The Hall–Kier alpha value is -3.43. The van der Waals surface area contributed by atoms with Crippen LogP contribution in [0.5, 0.6) is 0 Å². The fraction of sp³-hybridized carbons (Fsp3) is 0.640. The van der Waals surface area contributed by atoms with Gasteiger partial charge in [-0.3, -0.25) is 14.1 Å². The topological polar surface area (TPSA) is 186 Å². The van der Waals surface area contributed by atoms with E-state index >= 15 is 0 Å². The molecule has 12 nitrogen and oxygen atoms in total. The van der Waals surface area contributed by atoms with Crippen molar-refractivity contribution in [3.05, 3.63) is 97.2 Å². The molecule has 0 spiro atoms. The van der Waals surface area contributed by atoms with Gasteiger partial charge in [0, 0.05) is 12.8 Å². The fourth-order valence-electron chi connectivity index (χ4n) is 6.32. The van der Waals surface area contributed by atoms with Crippen LogP contribution in [0.4, 0.5) is 0 Å². The van der Waals surface area contributed by atoms with Crippen molar-refractivity contribution in [1.29, 1.82) is 0 Å². The summed E-state index contributed by atoms with van der Waals surface area (Å²) in [6.07, 6.45) is 43.2. The first-order valence-corrected chi connectivity index (χ1v) is 24.9. The molecule has 1 fully saturated rings. The van der Waals surface area contributed by atoms with Crippen LogP contribution in [0.3, 0.4) is 0 Å². The van der Waals surface area contributed by atoms with E-state index in [1.54, 1.807) is 0 Å². The maximum atomic E-state index is 12.8. The lowest BCUT2D eigenvalue weighted by molar-refractivity contribution is -0.297. The summed E-state index contributed by atoms with van der Waals surface area (Å²) in [6.45, 7) is 3.54. The Balaban J connectivity index is 2.51. The SMILES string of the molecule is CC/C=C\C/C=C\C/C=C\C/C=C\C/C=C\C/C=C\CCC(=O)OC(COC(=O)CCCCCCC/C=C\C/C=C\CCCCCC)COC1OC(CS(=O)(=O)O)C(O)C(O)C1O. The molecule has 358 valence electrons. The smallest absolute Gasteiger partial charge is 0.306 e. The Labute approximate surface area is 379 Å². The first kappa shape index (κ1) is 57.6. The summed E-state index contributed by atoms with van der Waals surface area (Å²) >= 11 is 0. The predicted octanol–water partition coefficient (Wildman–Crippen LogP) is 9.83. The van der Waals surface area contributed by atoms with Gasteiger partial charge in [-0.25, -0.2) is 0 Å². The van der Waals surface area contributed by atoms with Gasteiger partial charge >= 0.3 is 11.9 Å². The minimum atomic E-state index is -4.62. The average Bonchev–Trinajstić information content (AvgIpc) is 3.25. The first-order valence-electron chi connectivity index (χ1n) is 23.3. The second kappa shape index (κ2) is 39.0. The maximum Gasteiger partial charge on any atom is 0.306 e. The summed E-state index contributed by atoms with van der Waals surface area (Å²) in [6, 6.07) is 0. The standard InChI is InChI=1S/C50H80O12S/c1-3-5-7-9-11-13-15-17-19-21-22-23-25-27-29-31-33-35-37-39-46(52)61-43(41-60-50-49(55)48(54)47(53)44(62-50)42-63(56,57)58)40-59-45(51)38-36-34-32-30-28-26-24-20-18-16-14-12-10-8-6-4-2/h5,7,11,13-14,16-17,19-20,22-24,27,29,33,35,43-44,47-50,53-55H,3-4,6,8-10,12,15,18,21,25-26,28,30-32,34,36-42H2,1-2H3,(H,56,57,58)/b7-5-,13-11-,16-14-,19-17-,23-22-,24-20-,29-27-,35-33-. The summed E-state index contributed by atoms with van der Waals surface area (Å²) in [7, 11) is -4.62. The second-order valence-corrected chi connectivity index (χ2v) is 17.2. The highest BCUT2D eigenvalue weighted by molar-refractivity contribution is 7.85. The average molecular weight is 905 g/mol. The van der Waals surface area contributed by atoms with E-state index in [9.17, 15) is 37.9 Å². The van der Waals surface area contributed by atoms with Gasteiger partial charge in [-0.15, -0.1) is 0 Å². The highest BCUT2D eigenvalue weighted by Crippen LogP contribution is 2.24. The number of esters is 2. The van der Waals surface area contributed by atoms with Gasteiger partial charge < -0.3 is 34.3 Å². The fourth-order valence-corrected chi connectivity index (χ4v) is 7.01. The Kier molecular flexibility index (Phi) is 35.6.